The van der Waals surface area contributed by atoms with Gasteiger partial charge < -0.3 is 0 Å². The van der Waals surface area contributed by atoms with Crippen LogP contribution in [-0.4, -0.2) is 20.3 Å². The van der Waals surface area contributed by atoms with Crippen molar-refractivity contribution in [2.45, 2.75) is 19.4 Å². The molecular formula is C7H13O4P. The molecule has 0 aromatic rings. The average Bonchev–Trinajstić information content (AvgIpc) is 2.05. The molecule has 0 fully saturated rings. The van der Waals surface area contributed by atoms with Crippen molar-refractivity contribution in [3.8, 4) is 12.3 Å². The van der Waals surface area contributed by atoms with Crippen molar-refractivity contribution in [3.05, 3.63) is 0 Å². The maximum Gasteiger partial charge on any atom is 0.474 e. The summed E-state index contributed by atoms with van der Waals surface area (Å²) in [6, 6.07) is 0. The average molecular weight is 192 g/mol. The molecule has 0 aliphatic rings. The second-order valence-electron chi connectivity index (χ2n) is 2.14. The highest BCUT2D eigenvalue weighted by Gasteiger charge is 2.25. The maximum atomic E-state index is 11.3. The van der Waals surface area contributed by atoms with Gasteiger partial charge in [0.25, 0.3) is 0 Å². The van der Waals surface area contributed by atoms with Crippen molar-refractivity contribution in [1.82, 2.24) is 0 Å². The minimum Gasteiger partial charge on any atom is -0.290 e. The summed E-state index contributed by atoms with van der Waals surface area (Å²) in [4.78, 5) is 0. The lowest BCUT2D eigenvalue weighted by Crippen LogP contribution is -2.06. The van der Waals surface area contributed by atoms with E-state index in [0.29, 0.717) is 6.42 Å². The Balaban J connectivity index is 4.05. The Morgan fingerprint density at radius 1 is 1.50 bits per heavy atom. The second-order valence-corrected chi connectivity index (χ2v) is 3.97. The van der Waals surface area contributed by atoms with E-state index in [9.17, 15) is 4.57 Å². The van der Waals surface area contributed by atoms with Gasteiger partial charge in [0.1, 0.15) is 0 Å². The molecule has 1 atom stereocenters. The number of phosphoric ester groups is 1. The van der Waals surface area contributed by atoms with Crippen LogP contribution in [0.15, 0.2) is 0 Å². The zero-order valence-corrected chi connectivity index (χ0v) is 8.34. The van der Waals surface area contributed by atoms with E-state index in [-0.39, 0.29) is 6.10 Å². The Kier molecular flexibility index (Phi) is 5.19. The lowest BCUT2D eigenvalue weighted by Gasteiger charge is -2.16. The zero-order valence-electron chi connectivity index (χ0n) is 7.44. The molecule has 0 aromatic heterocycles. The summed E-state index contributed by atoms with van der Waals surface area (Å²) < 4.78 is 25.3. The van der Waals surface area contributed by atoms with Crippen molar-refractivity contribution >= 4 is 7.82 Å². The molecule has 0 rings (SSSR count). The summed E-state index contributed by atoms with van der Waals surface area (Å²) in [5, 5.41) is 0. The SMILES string of the molecule is C#CCC(C)OP(=O)(OC)OC. The van der Waals surface area contributed by atoms with E-state index in [4.69, 9.17) is 10.9 Å². The van der Waals surface area contributed by atoms with Crippen molar-refractivity contribution < 1.29 is 18.1 Å². The molecule has 4 nitrogen and oxygen atoms in total. The van der Waals surface area contributed by atoms with Gasteiger partial charge in [0.15, 0.2) is 0 Å². The Bertz CT molecular complexity index is 200. The lowest BCUT2D eigenvalue weighted by molar-refractivity contribution is 0.116. The van der Waals surface area contributed by atoms with E-state index in [1.165, 1.54) is 14.2 Å². The van der Waals surface area contributed by atoms with Crippen LogP contribution in [0.2, 0.25) is 0 Å². The summed E-state index contributed by atoms with van der Waals surface area (Å²) in [5.41, 5.74) is 0. The Morgan fingerprint density at radius 2 is 2.00 bits per heavy atom. The lowest BCUT2D eigenvalue weighted by atomic mass is 10.3. The predicted molar refractivity (Wildman–Crippen MR) is 45.6 cm³/mol. The van der Waals surface area contributed by atoms with Crippen molar-refractivity contribution in [1.29, 1.82) is 0 Å². The molecule has 0 aromatic carbocycles. The first-order valence-electron chi connectivity index (χ1n) is 3.41. The van der Waals surface area contributed by atoms with Crippen molar-refractivity contribution in [2.24, 2.45) is 0 Å². The molecule has 0 saturated carbocycles. The predicted octanol–water partition coefficient (Wildman–Crippen LogP) is 1.82. The van der Waals surface area contributed by atoms with Crippen molar-refractivity contribution in [2.75, 3.05) is 14.2 Å². The van der Waals surface area contributed by atoms with Crippen molar-refractivity contribution in [3.63, 3.8) is 0 Å². The van der Waals surface area contributed by atoms with Crippen LogP contribution >= 0.6 is 7.82 Å². The van der Waals surface area contributed by atoms with Crippen LogP contribution in [0.1, 0.15) is 13.3 Å². The van der Waals surface area contributed by atoms with E-state index in [1.54, 1.807) is 6.92 Å². The fourth-order valence-corrected chi connectivity index (χ4v) is 1.42. The minimum atomic E-state index is -3.36. The number of phosphoric acid groups is 1. The standard InChI is InChI=1S/C7H13O4P/c1-5-6-7(2)11-12(8,9-3)10-4/h1,7H,6H2,2-4H3. The summed E-state index contributed by atoms with van der Waals surface area (Å²) in [7, 11) is -0.849. The molecule has 0 saturated heterocycles. The third kappa shape index (κ3) is 3.89. The quantitative estimate of drug-likeness (QED) is 0.492. The molecule has 0 amide bonds. The molecule has 0 aliphatic carbocycles. The van der Waals surface area contributed by atoms with Gasteiger partial charge in [-0.15, -0.1) is 12.3 Å². The van der Waals surface area contributed by atoms with Gasteiger partial charge in [-0.25, -0.2) is 4.57 Å². The molecule has 1 unspecified atom stereocenters. The molecule has 5 heteroatoms. The first-order chi connectivity index (χ1) is 5.58. The highest BCUT2D eigenvalue weighted by molar-refractivity contribution is 7.48. The van der Waals surface area contributed by atoms with E-state index < -0.39 is 7.82 Å². The number of terminal acetylenes is 1. The third-order valence-electron chi connectivity index (χ3n) is 1.16. The minimum absolute atomic E-state index is 0.333. The molecule has 0 N–H and O–H groups in total. The molecule has 0 bridgehead atoms. The third-order valence-corrected chi connectivity index (χ3v) is 2.67. The van der Waals surface area contributed by atoms with Crippen LogP contribution in [-0.2, 0) is 18.1 Å². The van der Waals surface area contributed by atoms with Crippen LogP contribution in [0.25, 0.3) is 0 Å². The fourth-order valence-electron chi connectivity index (χ4n) is 0.584. The Morgan fingerprint density at radius 3 is 2.33 bits per heavy atom. The molecular weight excluding hydrogens is 179 g/mol. The van der Waals surface area contributed by atoms with Crippen LogP contribution in [0.4, 0.5) is 0 Å². The number of hydrogen-bond donors (Lipinski definition) is 0. The maximum absolute atomic E-state index is 11.3. The molecule has 12 heavy (non-hydrogen) atoms. The zero-order chi connectivity index (χ0) is 9.61. The molecule has 0 heterocycles. The monoisotopic (exact) mass is 192 g/mol. The normalized spacial score (nSPS) is 13.8. The first kappa shape index (κ1) is 11.7. The smallest absolute Gasteiger partial charge is 0.290 e. The van der Waals surface area contributed by atoms with Gasteiger partial charge in [-0.05, 0) is 6.92 Å². The number of hydrogen-bond acceptors (Lipinski definition) is 4. The Labute approximate surface area is 72.8 Å². The summed E-state index contributed by atoms with van der Waals surface area (Å²) >= 11 is 0. The van der Waals surface area contributed by atoms with Gasteiger partial charge in [-0.3, -0.25) is 13.6 Å². The summed E-state index contributed by atoms with van der Waals surface area (Å²) in [6.45, 7) is 1.70. The van der Waals surface area contributed by atoms with Gasteiger partial charge in [-0.1, -0.05) is 0 Å². The highest BCUT2D eigenvalue weighted by Crippen LogP contribution is 2.48. The highest BCUT2D eigenvalue weighted by atomic mass is 31.2. The Hall–Kier alpha value is -0.330. The van der Waals surface area contributed by atoms with E-state index in [2.05, 4.69) is 15.0 Å². The van der Waals surface area contributed by atoms with E-state index >= 15 is 0 Å². The summed E-state index contributed by atoms with van der Waals surface area (Å²) in [5.74, 6) is 2.38. The summed E-state index contributed by atoms with van der Waals surface area (Å²) in [6.07, 6.45) is 5.07. The van der Waals surface area contributed by atoms with E-state index in [0.717, 1.165) is 0 Å². The van der Waals surface area contributed by atoms with Crippen LogP contribution in [0.5, 0.6) is 0 Å². The largest absolute Gasteiger partial charge is 0.474 e. The molecule has 0 aliphatic heterocycles. The fraction of sp³-hybridized carbons (Fsp3) is 0.714. The van der Waals surface area contributed by atoms with Gasteiger partial charge >= 0.3 is 7.82 Å². The van der Waals surface area contributed by atoms with Crippen LogP contribution < -0.4 is 0 Å². The van der Waals surface area contributed by atoms with Gasteiger partial charge in [0, 0.05) is 20.6 Å². The second kappa shape index (κ2) is 5.34. The van der Waals surface area contributed by atoms with Crippen LogP contribution in [0, 0.1) is 12.3 Å². The van der Waals surface area contributed by atoms with Crippen LogP contribution in [0.3, 0.4) is 0 Å². The van der Waals surface area contributed by atoms with Gasteiger partial charge in [0.05, 0.1) is 6.10 Å². The molecule has 0 spiro atoms. The number of rotatable bonds is 5. The van der Waals surface area contributed by atoms with Gasteiger partial charge in [-0.2, -0.15) is 0 Å². The first-order valence-corrected chi connectivity index (χ1v) is 4.87. The molecule has 70 valence electrons. The topological polar surface area (TPSA) is 44.8 Å². The van der Waals surface area contributed by atoms with E-state index in [1.807, 2.05) is 0 Å². The molecule has 0 radical (unpaired) electrons. The van der Waals surface area contributed by atoms with Gasteiger partial charge in [0.2, 0.25) is 0 Å².